The molecular formula is C18H22FNO. The average Bonchev–Trinajstić information content (AvgIpc) is 2.43. The first-order valence-electron chi connectivity index (χ1n) is 7.23. The molecule has 0 spiro atoms. The molecule has 0 aromatic heterocycles. The molecule has 0 unspecified atom stereocenters. The molecular weight excluding hydrogens is 265 g/mol. The average molecular weight is 287 g/mol. The topological polar surface area (TPSA) is 21.3 Å². The Kier molecular flexibility index (Phi) is 4.97. The van der Waals surface area contributed by atoms with Gasteiger partial charge in [-0.1, -0.05) is 32.0 Å². The summed E-state index contributed by atoms with van der Waals surface area (Å²) < 4.78 is 19.6. The molecule has 0 amide bonds. The minimum atomic E-state index is -0.305. The van der Waals surface area contributed by atoms with Gasteiger partial charge in [0.25, 0.3) is 0 Å². The maximum absolute atomic E-state index is 13.9. The molecule has 21 heavy (non-hydrogen) atoms. The quantitative estimate of drug-likeness (QED) is 0.858. The van der Waals surface area contributed by atoms with Gasteiger partial charge in [0.2, 0.25) is 0 Å². The van der Waals surface area contributed by atoms with E-state index in [-0.39, 0.29) is 11.6 Å². The number of ether oxygens (including phenoxy) is 1. The molecule has 0 saturated heterocycles. The molecule has 2 nitrogen and oxygen atoms in total. The lowest BCUT2D eigenvalue weighted by atomic mass is 10.1. The molecule has 1 N–H and O–H groups in total. The minimum absolute atomic E-state index is 0.266. The number of rotatable bonds is 5. The maximum atomic E-state index is 13.9. The molecule has 3 heteroatoms. The smallest absolute Gasteiger partial charge is 0.168 e. The van der Waals surface area contributed by atoms with E-state index < -0.39 is 0 Å². The Labute approximate surface area is 126 Å². The van der Waals surface area contributed by atoms with Crippen molar-refractivity contribution < 1.29 is 9.13 Å². The number of hydrogen-bond donors (Lipinski definition) is 1. The van der Waals surface area contributed by atoms with Gasteiger partial charge in [0, 0.05) is 12.6 Å². The molecule has 0 atom stereocenters. The van der Waals surface area contributed by atoms with Crippen LogP contribution in [0.1, 0.15) is 30.5 Å². The van der Waals surface area contributed by atoms with Gasteiger partial charge >= 0.3 is 0 Å². The first kappa shape index (κ1) is 15.5. The van der Waals surface area contributed by atoms with E-state index in [9.17, 15) is 4.39 Å². The van der Waals surface area contributed by atoms with Gasteiger partial charge in [-0.25, -0.2) is 4.39 Å². The summed E-state index contributed by atoms with van der Waals surface area (Å²) in [6.07, 6.45) is 0. The Bertz CT molecular complexity index is 623. The van der Waals surface area contributed by atoms with Crippen molar-refractivity contribution in [2.75, 3.05) is 0 Å². The van der Waals surface area contributed by atoms with Crippen LogP contribution in [0.15, 0.2) is 36.4 Å². The van der Waals surface area contributed by atoms with Crippen LogP contribution >= 0.6 is 0 Å². The maximum Gasteiger partial charge on any atom is 0.168 e. The van der Waals surface area contributed by atoms with Crippen molar-refractivity contribution in [1.82, 2.24) is 5.32 Å². The largest absolute Gasteiger partial charge is 0.454 e. The lowest BCUT2D eigenvalue weighted by Gasteiger charge is -2.13. The van der Waals surface area contributed by atoms with Crippen LogP contribution < -0.4 is 10.1 Å². The number of halogens is 1. The molecule has 2 rings (SSSR count). The van der Waals surface area contributed by atoms with Crippen LogP contribution in [-0.2, 0) is 6.54 Å². The Hall–Kier alpha value is -1.87. The Balaban J connectivity index is 2.15. The summed E-state index contributed by atoms with van der Waals surface area (Å²) in [6, 6.07) is 11.5. The van der Waals surface area contributed by atoms with E-state index in [1.165, 1.54) is 5.56 Å². The molecule has 112 valence electrons. The van der Waals surface area contributed by atoms with E-state index in [1.807, 2.05) is 25.1 Å². The van der Waals surface area contributed by atoms with Gasteiger partial charge in [-0.15, -0.1) is 0 Å². The SMILES string of the molecule is Cc1cc(Oc2cccc(C)c2F)ccc1CNC(C)C. The van der Waals surface area contributed by atoms with Crippen LogP contribution in [0.3, 0.4) is 0 Å². The molecule has 0 aliphatic rings. The molecule has 0 bridgehead atoms. The number of benzene rings is 2. The summed E-state index contributed by atoms with van der Waals surface area (Å²) in [4.78, 5) is 0. The number of hydrogen-bond acceptors (Lipinski definition) is 2. The summed E-state index contributed by atoms with van der Waals surface area (Å²) in [5.74, 6) is 0.619. The second-order valence-corrected chi connectivity index (χ2v) is 5.61. The van der Waals surface area contributed by atoms with E-state index in [0.717, 1.165) is 12.1 Å². The predicted octanol–water partition coefficient (Wildman–Crippen LogP) is 4.73. The lowest BCUT2D eigenvalue weighted by Crippen LogP contribution is -2.22. The van der Waals surface area contributed by atoms with Gasteiger partial charge in [0.15, 0.2) is 11.6 Å². The first-order valence-corrected chi connectivity index (χ1v) is 7.23. The van der Waals surface area contributed by atoms with Gasteiger partial charge in [-0.2, -0.15) is 0 Å². The standard InChI is InChI=1S/C18H22FNO/c1-12(2)20-11-15-8-9-16(10-14(15)4)21-17-7-5-6-13(3)18(17)19/h5-10,12,20H,11H2,1-4H3. The van der Waals surface area contributed by atoms with Crippen molar-refractivity contribution in [3.05, 3.63) is 58.9 Å². The monoisotopic (exact) mass is 287 g/mol. The molecule has 0 saturated carbocycles. The van der Waals surface area contributed by atoms with E-state index in [0.29, 0.717) is 17.4 Å². The highest BCUT2D eigenvalue weighted by molar-refractivity contribution is 5.39. The molecule has 2 aromatic rings. The normalized spacial score (nSPS) is 11.0. The highest BCUT2D eigenvalue weighted by atomic mass is 19.1. The summed E-state index contributed by atoms with van der Waals surface area (Å²) >= 11 is 0. The lowest BCUT2D eigenvalue weighted by molar-refractivity contribution is 0.439. The van der Waals surface area contributed by atoms with E-state index in [2.05, 4.69) is 19.2 Å². The molecule has 0 radical (unpaired) electrons. The van der Waals surface area contributed by atoms with E-state index >= 15 is 0 Å². The van der Waals surface area contributed by atoms with Crippen molar-refractivity contribution in [2.24, 2.45) is 0 Å². The van der Waals surface area contributed by atoms with Gasteiger partial charge < -0.3 is 10.1 Å². The van der Waals surface area contributed by atoms with Crippen molar-refractivity contribution >= 4 is 0 Å². The number of aryl methyl sites for hydroxylation is 2. The molecule has 0 heterocycles. The minimum Gasteiger partial charge on any atom is -0.454 e. The second kappa shape index (κ2) is 6.72. The zero-order valence-electron chi connectivity index (χ0n) is 13.0. The molecule has 0 aliphatic carbocycles. The van der Waals surface area contributed by atoms with Gasteiger partial charge in [-0.05, 0) is 48.7 Å². The van der Waals surface area contributed by atoms with Crippen molar-refractivity contribution in [3.8, 4) is 11.5 Å². The van der Waals surface area contributed by atoms with Crippen molar-refractivity contribution in [3.63, 3.8) is 0 Å². The summed E-state index contributed by atoms with van der Waals surface area (Å²) in [7, 11) is 0. The summed E-state index contributed by atoms with van der Waals surface area (Å²) in [6.45, 7) is 8.83. The number of nitrogens with one attached hydrogen (secondary N) is 1. The predicted molar refractivity (Wildman–Crippen MR) is 84.4 cm³/mol. The third kappa shape index (κ3) is 4.05. The first-order chi connectivity index (χ1) is 9.97. The van der Waals surface area contributed by atoms with Crippen LogP contribution in [-0.4, -0.2) is 6.04 Å². The van der Waals surface area contributed by atoms with E-state index in [4.69, 9.17) is 4.74 Å². The van der Waals surface area contributed by atoms with Gasteiger partial charge in [0.05, 0.1) is 0 Å². The highest BCUT2D eigenvalue weighted by Crippen LogP contribution is 2.27. The zero-order valence-corrected chi connectivity index (χ0v) is 13.0. The van der Waals surface area contributed by atoms with Gasteiger partial charge in [-0.3, -0.25) is 0 Å². The van der Waals surface area contributed by atoms with Crippen LogP contribution in [0.2, 0.25) is 0 Å². The molecule has 0 aliphatic heterocycles. The van der Waals surface area contributed by atoms with Crippen LogP contribution in [0, 0.1) is 19.7 Å². The van der Waals surface area contributed by atoms with Crippen LogP contribution in [0.25, 0.3) is 0 Å². The molecule has 2 aromatic carbocycles. The third-order valence-electron chi connectivity index (χ3n) is 3.40. The fraction of sp³-hybridized carbons (Fsp3) is 0.333. The van der Waals surface area contributed by atoms with Gasteiger partial charge in [0.1, 0.15) is 5.75 Å². The second-order valence-electron chi connectivity index (χ2n) is 5.61. The third-order valence-corrected chi connectivity index (χ3v) is 3.40. The van der Waals surface area contributed by atoms with Crippen LogP contribution in [0.4, 0.5) is 4.39 Å². The van der Waals surface area contributed by atoms with Crippen LogP contribution in [0.5, 0.6) is 11.5 Å². The summed E-state index contributed by atoms with van der Waals surface area (Å²) in [5, 5.41) is 3.39. The zero-order chi connectivity index (χ0) is 15.4. The fourth-order valence-corrected chi connectivity index (χ4v) is 2.07. The molecule has 0 fully saturated rings. The Morgan fingerprint density at radius 1 is 1.10 bits per heavy atom. The Morgan fingerprint density at radius 2 is 1.86 bits per heavy atom. The van der Waals surface area contributed by atoms with Crippen molar-refractivity contribution in [1.29, 1.82) is 0 Å². The highest BCUT2D eigenvalue weighted by Gasteiger charge is 2.08. The van der Waals surface area contributed by atoms with Crippen molar-refractivity contribution in [2.45, 2.75) is 40.3 Å². The Morgan fingerprint density at radius 3 is 2.52 bits per heavy atom. The fourth-order valence-electron chi connectivity index (χ4n) is 2.07. The summed E-state index contributed by atoms with van der Waals surface area (Å²) in [5.41, 5.74) is 2.94. The van der Waals surface area contributed by atoms with E-state index in [1.54, 1.807) is 25.1 Å².